The van der Waals surface area contributed by atoms with Crippen LogP contribution in [0.15, 0.2) is 30.3 Å². The third kappa shape index (κ3) is 3.46. The predicted octanol–water partition coefficient (Wildman–Crippen LogP) is 1.64. The standard InChI is InChI=1S/C15H15N3O3/c1-21-7-6-18(10-15(19)20)14-8-11(9-16)12-4-2-3-5-13(12)17-14/h2-5,8H,6-7,10H2,1H3,(H,19,20). The molecule has 0 saturated heterocycles. The van der Waals surface area contributed by atoms with Gasteiger partial charge in [0.25, 0.3) is 0 Å². The molecule has 0 atom stereocenters. The van der Waals surface area contributed by atoms with Crippen LogP contribution >= 0.6 is 0 Å². The number of pyridine rings is 1. The average molecular weight is 285 g/mol. The number of methoxy groups -OCH3 is 1. The number of rotatable bonds is 6. The van der Waals surface area contributed by atoms with E-state index in [0.29, 0.717) is 30.0 Å². The van der Waals surface area contributed by atoms with Crippen molar-refractivity contribution in [3.63, 3.8) is 0 Å². The van der Waals surface area contributed by atoms with Gasteiger partial charge in [-0.3, -0.25) is 4.79 Å². The SMILES string of the molecule is COCCN(CC(=O)O)c1cc(C#N)c2ccccc2n1. The molecule has 0 amide bonds. The largest absolute Gasteiger partial charge is 0.480 e. The van der Waals surface area contributed by atoms with Crippen LogP contribution in [0.25, 0.3) is 10.9 Å². The van der Waals surface area contributed by atoms with Gasteiger partial charge in [0.05, 0.1) is 23.8 Å². The number of nitrogens with zero attached hydrogens (tertiary/aromatic N) is 3. The van der Waals surface area contributed by atoms with Crippen LogP contribution in [-0.2, 0) is 9.53 Å². The summed E-state index contributed by atoms with van der Waals surface area (Å²) in [7, 11) is 1.55. The highest BCUT2D eigenvalue weighted by atomic mass is 16.5. The molecule has 1 heterocycles. The predicted molar refractivity (Wildman–Crippen MR) is 78.2 cm³/mol. The Morgan fingerprint density at radius 3 is 2.90 bits per heavy atom. The van der Waals surface area contributed by atoms with Crippen LogP contribution in [0.4, 0.5) is 5.82 Å². The van der Waals surface area contributed by atoms with Crippen LogP contribution in [0, 0.1) is 11.3 Å². The second kappa shape index (κ2) is 6.68. The molecule has 2 aromatic rings. The van der Waals surface area contributed by atoms with Crippen molar-refractivity contribution >= 4 is 22.7 Å². The maximum atomic E-state index is 11.0. The highest BCUT2D eigenvalue weighted by molar-refractivity contribution is 5.87. The summed E-state index contributed by atoms with van der Waals surface area (Å²) in [5.41, 5.74) is 1.14. The Labute approximate surface area is 122 Å². The zero-order valence-electron chi connectivity index (χ0n) is 11.6. The van der Waals surface area contributed by atoms with E-state index in [9.17, 15) is 10.1 Å². The lowest BCUT2D eigenvalue weighted by molar-refractivity contribution is -0.135. The lowest BCUT2D eigenvalue weighted by Gasteiger charge is -2.22. The van der Waals surface area contributed by atoms with Crippen molar-refractivity contribution < 1.29 is 14.6 Å². The minimum Gasteiger partial charge on any atom is -0.480 e. The van der Waals surface area contributed by atoms with Crippen molar-refractivity contribution in [2.75, 3.05) is 31.7 Å². The van der Waals surface area contributed by atoms with E-state index >= 15 is 0 Å². The Morgan fingerprint density at radius 1 is 1.48 bits per heavy atom. The van der Waals surface area contributed by atoms with Gasteiger partial charge in [0, 0.05) is 19.0 Å². The zero-order valence-corrected chi connectivity index (χ0v) is 11.6. The van der Waals surface area contributed by atoms with E-state index in [2.05, 4.69) is 11.1 Å². The van der Waals surface area contributed by atoms with E-state index < -0.39 is 5.97 Å². The van der Waals surface area contributed by atoms with Crippen LogP contribution in [0.3, 0.4) is 0 Å². The highest BCUT2D eigenvalue weighted by Gasteiger charge is 2.14. The molecule has 6 nitrogen and oxygen atoms in total. The normalized spacial score (nSPS) is 10.3. The van der Waals surface area contributed by atoms with Gasteiger partial charge in [-0.05, 0) is 12.1 Å². The summed E-state index contributed by atoms with van der Waals surface area (Å²) in [6.07, 6.45) is 0. The van der Waals surface area contributed by atoms with Crippen LogP contribution in [0.2, 0.25) is 0 Å². The van der Waals surface area contributed by atoms with E-state index in [1.807, 2.05) is 18.2 Å². The van der Waals surface area contributed by atoms with Crippen molar-refractivity contribution in [2.24, 2.45) is 0 Å². The molecule has 0 spiro atoms. The molecule has 1 N–H and O–H groups in total. The number of hydrogen-bond acceptors (Lipinski definition) is 5. The summed E-state index contributed by atoms with van der Waals surface area (Å²) in [4.78, 5) is 17.0. The maximum absolute atomic E-state index is 11.0. The summed E-state index contributed by atoms with van der Waals surface area (Å²) < 4.78 is 4.99. The fourth-order valence-corrected chi connectivity index (χ4v) is 2.06. The van der Waals surface area contributed by atoms with E-state index in [1.54, 1.807) is 24.1 Å². The van der Waals surface area contributed by atoms with Crippen molar-refractivity contribution in [2.45, 2.75) is 0 Å². The van der Waals surface area contributed by atoms with Gasteiger partial charge in [0.1, 0.15) is 12.4 Å². The van der Waals surface area contributed by atoms with Crippen molar-refractivity contribution in [1.82, 2.24) is 4.98 Å². The first-order valence-corrected chi connectivity index (χ1v) is 6.41. The van der Waals surface area contributed by atoms with E-state index in [4.69, 9.17) is 9.84 Å². The molecule has 0 unspecified atom stereocenters. The first kappa shape index (κ1) is 14.8. The first-order valence-electron chi connectivity index (χ1n) is 6.41. The number of hydrogen-bond donors (Lipinski definition) is 1. The minimum absolute atomic E-state index is 0.195. The van der Waals surface area contributed by atoms with Gasteiger partial charge in [0.2, 0.25) is 0 Å². The quantitative estimate of drug-likeness (QED) is 0.868. The molecule has 0 saturated carbocycles. The van der Waals surface area contributed by atoms with Crippen molar-refractivity contribution in [3.8, 4) is 6.07 Å². The van der Waals surface area contributed by atoms with E-state index in [1.165, 1.54) is 0 Å². The van der Waals surface area contributed by atoms with Gasteiger partial charge in [-0.25, -0.2) is 4.98 Å². The molecule has 21 heavy (non-hydrogen) atoms. The third-order valence-corrected chi connectivity index (χ3v) is 3.04. The second-order valence-electron chi connectivity index (χ2n) is 4.47. The zero-order chi connectivity index (χ0) is 15.2. The van der Waals surface area contributed by atoms with Gasteiger partial charge in [-0.1, -0.05) is 18.2 Å². The smallest absolute Gasteiger partial charge is 0.323 e. The average Bonchev–Trinajstić information content (AvgIpc) is 2.49. The molecule has 0 aliphatic carbocycles. The molecule has 0 bridgehead atoms. The maximum Gasteiger partial charge on any atom is 0.323 e. The van der Waals surface area contributed by atoms with E-state index in [0.717, 1.165) is 5.39 Å². The molecular weight excluding hydrogens is 270 g/mol. The Hall–Kier alpha value is -2.65. The fourth-order valence-electron chi connectivity index (χ4n) is 2.06. The minimum atomic E-state index is -0.959. The summed E-state index contributed by atoms with van der Waals surface area (Å²) >= 11 is 0. The summed E-state index contributed by atoms with van der Waals surface area (Å²) in [6.45, 7) is 0.572. The second-order valence-corrected chi connectivity index (χ2v) is 4.47. The molecule has 6 heteroatoms. The third-order valence-electron chi connectivity index (χ3n) is 3.04. The number of carbonyl (C=O) groups is 1. The van der Waals surface area contributed by atoms with Crippen LogP contribution in [0.1, 0.15) is 5.56 Å². The molecule has 1 aromatic carbocycles. The molecular formula is C15H15N3O3. The number of carboxylic acids is 1. The number of para-hydroxylation sites is 1. The Kier molecular flexibility index (Phi) is 4.69. The molecule has 0 radical (unpaired) electrons. The van der Waals surface area contributed by atoms with Crippen LogP contribution < -0.4 is 4.90 Å². The number of fused-ring (bicyclic) bond motifs is 1. The van der Waals surface area contributed by atoms with E-state index in [-0.39, 0.29) is 6.54 Å². The monoisotopic (exact) mass is 285 g/mol. The first-order chi connectivity index (χ1) is 10.2. The molecule has 2 rings (SSSR count). The molecule has 0 fully saturated rings. The van der Waals surface area contributed by atoms with Crippen LogP contribution in [0.5, 0.6) is 0 Å². The van der Waals surface area contributed by atoms with Gasteiger partial charge < -0.3 is 14.7 Å². The molecule has 0 aliphatic rings. The number of ether oxygens (including phenoxy) is 1. The molecule has 1 aromatic heterocycles. The van der Waals surface area contributed by atoms with Crippen molar-refractivity contribution in [1.29, 1.82) is 5.26 Å². The lowest BCUT2D eigenvalue weighted by atomic mass is 10.1. The lowest BCUT2D eigenvalue weighted by Crippen LogP contribution is -2.33. The highest BCUT2D eigenvalue weighted by Crippen LogP contribution is 2.22. The van der Waals surface area contributed by atoms with Gasteiger partial charge in [-0.2, -0.15) is 5.26 Å². The number of aromatic nitrogens is 1. The van der Waals surface area contributed by atoms with Gasteiger partial charge in [0.15, 0.2) is 0 Å². The van der Waals surface area contributed by atoms with Crippen molar-refractivity contribution in [3.05, 3.63) is 35.9 Å². The number of anilines is 1. The Balaban J connectivity index is 2.46. The summed E-state index contributed by atoms with van der Waals surface area (Å²) in [5, 5.41) is 19.0. The fraction of sp³-hybridized carbons (Fsp3) is 0.267. The van der Waals surface area contributed by atoms with Gasteiger partial charge >= 0.3 is 5.97 Å². The molecule has 108 valence electrons. The summed E-state index contributed by atoms with van der Waals surface area (Å²) in [5.74, 6) is -0.496. The Bertz CT molecular complexity index is 694. The molecule has 0 aliphatic heterocycles. The topological polar surface area (TPSA) is 86.5 Å². The van der Waals surface area contributed by atoms with Gasteiger partial charge in [-0.15, -0.1) is 0 Å². The number of benzene rings is 1. The number of aliphatic carboxylic acids is 1. The van der Waals surface area contributed by atoms with Crippen LogP contribution in [-0.4, -0.2) is 42.9 Å². The number of nitriles is 1. The summed E-state index contributed by atoms with van der Waals surface area (Å²) in [6, 6.07) is 11.0. The Morgan fingerprint density at radius 2 is 2.24 bits per heavy atom. The number of carboxylic acid groups (broad SMARTS) is 1.